The molecule has 5 nitrogen and oxygen atoms in total. The number of thioether (sulfide) groups is 1. The number of nitrogens with two attached hydrogens (primary N) is 1. The lowest BCUT2D eigenvalue weighted by Crippen LogP contribution is -2.47. The number of carbonyl (C=O) groups is 1. The third kappa shape index (κ3) is 9.22. The Morgan fingerprint density at radius 3 is 2.43 bits per heavy atom. The zero-order valence-electron chi connectivity index (χ0n) is 14.4. The predicted octanol–water partition coefficient (Wildman–Crippen LogP) is 2.30. The SMILES string of the molecule is CCC(CSC)N(C)C(CN)CCNC(=O)OC(C)(C)C. The Kier molecular flexibility index (Phi) is 10.1. The molecule has 0 aliphatic carbocycles. The fourth-order valence-electron chi connectivity index (χ4n) is 2.16. The van der Waals surface area contributed by atoms with Gasteiger partial charge in [0.2, 0.25) is 0 Å². The van der Waals surface area contributed by atoms with Crippen LogP contribution in [0.25, 0.3) is 0 Å². The van der Waals surface area contributed by atoms with E-state index in [0.717, 1.165) is 18.6 Å². The molecule has 0 rings (SSSR count). The average molecular weight is 320 g/mol. The minimum absolute atomic E-state index is 0.275. The zero-order valence-corrected chi connectivity index (χ0v) is 15.3. The van der Waals surface area contributed by atoms with Gasteiger partial charge in [-0.1, -0.05) is 6.92 Å². The number of amides is 1. The molecule has 0 aromatic rings. The van der Waals surface area contributed by atoms with Crippen molar-refractivity contribution >= 4 is 17.9 Å². The molecular weight excluding hydrogens is 286 g/mol. The number of nitrogens with zero attached hydrogens (tertiary/aromatic N) is 1. The van der Waals surface area contributed by atoms with Gasteiger partial charge in [0.25, 0.3) is 0 Å². The summed E-state index contributed by atoms with van der Waals surface area (Å²) in [6, 6.07) is 0.798. The molecule has 0 heterocycles. The van der Waals surface area contributed by atoms with Gasteiger partial charge in [0, 0.05) is 30.9 Å². The summed E-state index contributed by atoms with van der Waals surface area (Å²) in [6.07, 6.45) is 3.69. The molecular formula is C15H33N3O2S. The molecule has 0 aromatic carbocycles. The number of likely N-dealkylation sites (N-methyl/N-ethyl adjacent to an activating group) is 1. The van der Waals surface area contributed by atoms with Gasteiger partial charge in [-0.25, -0.2) is 4.79 Å². The highest BCUT2D eigenvalue weighted by molar-refractivity contribution is 7.98. The zero-order chi connectivity index (χ0) is 16.5. The predicted molar refractivity (Wildman–Crippen MR) is 91.9 cm³/mol. The van der Waals surface area contributed by atoms with E-state index in [1.165, 1.54) is 0 Å². The van der Waals surface area contributed by atoms with E-state index < -0.39 is 5.60 Å². The van der Waals surface area contributed by atoms with Crippen LogP contribution in [0.5, 0.6) is 0 Å². The molecule has 2 unspecified atom stereocenters. The molecule has 0 aromatic heterocycles. The Morgan fingerprint density at radius 1 is 1.38 bits per heavy atom. The Bertz CT molecular complexity index is 295. The van der Waals surface area contributed by atoms with E-state index in [1.807, 2.05) is 32.5 Å². The van der Waals surface area contributed by atoms with E-state index >= 15 is 0 Å². The first-order valence-corrected chi connectivity index (χ1v) is 9.02. The average Bonchev–Trinajstić information content (AvgIpc) is 2.38. The monoisotopic (exact) mass is 319 g/mol. The standard InChI is InChI=1S/C15H33N3O2S/c1-7-12(11-21-6)18(5)13(10-16)8-9-17-14(19)20-15(2,3)4/h12-13H,7-11,16H2,1-6H3,(H,17,19). The molecule has 21 heavy (non-hydrogen) atoms. The first-order chi connectivity index (χ1) is 9.75. The fourth-order valence-corrected chi connectivity index (χ4v) is 3.01. The first-order valence-electron chi connectivity index (χ1n) is 7.62. The third-order valence-corrected chi connectivity index (χ3v) is 4.12. The Hall–Kier alpha value is -0.460. The topological polar surface area (TPSA) is 67.6 Å². The van der Waals surface area contributed by atoms with Crippen molar-refractivity contribution in [1.29, 1.82) is 0 Å². The highest BCUT2D eigenvalue weighted by atomic mass is 32.2. The molecule has 0 saturated heterocycles. The van der Waals surface area contributed by atoms with Gasteiger partial charge in [0.1, 0.15) is 5.60 Å². The molecule has 6 heteroatoms. The van der Waals surface area contributed by atoms with E-state index in [1.54, 1.807) is 0 Å². The van der Waals surface area contributed by atoms with Crippen molar-refractivity contribution in [1.82, 2.24) is 10.2 Å². The summed E-state index contributed by atoms with van der Waals surface area (Å²) >= 11 is 1.85. The fraction of sp³-hybridized carbons (Fsp3) is 0.933. The maximum Gasteiger partial charge on any atom is 0.407 e. The molecule has 2 atom stereocenters. The number of nitrogens with one attached hydrogen (secondary N) is 1. The second-order valence-electron chi connectivity index (χ2n) is 6.29. The highest BCUT2D eigenvalue weighted by Crippen LogP contribution is 2.13. The Labute approximate surface area is 134 Å². The number of alkyl carbamates (subject to hydrolysis) is 1. The van der Waals surface area contributed by atoms with Crippen LogP contribution in [0.2, 0.25) is 0 Å². The maximum absolute atomic E-state index is 11.6. The van der Waals surface area contributed by atoms with Gasteiger partial charge in [0.05, 0.1) is 0 Å². The van der Waals surface area contributed by atoms with Gasteiger partial charge in [-0.2, -0.15) is 11.8 Å². The number of carbonyl (C=O) groups excluding carboxylic acids is 1. The first kappa shape index (κ1) is 20.5. The van der Waals surface area contributed by atoms with Crippen LogP contribution >= 0.6 is 11.8 Å². The summed E-state index contributed by atoms with van der Waals surface area (Å²) in [4.78, 5) is 13.9. The van der Waals surface area contributed by atoms with E-state index in [9.17, 15) is 4.79 Å². The summed E-state index contributed by atoms with van der Waals surface area (Å²) in [5.74, 6) is 1.10. The van der Waals surface area contributed by atoms with Crippen LogP contribution in [0.15, 0.2) is 0 Å². The van der Waals surface area contributed by atoms with Gasteiger partial charge in [-0.3, -0.25) is 4.90 Å². The molecule has 0 aliphatic rings. The third-order valence-electron chi connectivity index (χ3n) is 3.40. The summed E-state index contributed by atoms with van der Waals surface area (Å²) in [7, 11) is 2.12. The lowest BCUT2D eigenvalue weighted by molar-refractivity contribution is 0.0521. The van der Waals surface area contributed by atoms with Crippen LogP contribution < -0.4 is 11.1 Å². The second kappa shape index (κ2) is 10.3. The van der Waals surface area contributed by atoms with E-state index in [0.29, 0.717) is 19.1 Å². The minimum Gasteiger partial charge on any atom is -0.444 e. The van der Waals surface area contributed by atoms with Crippen LogP contribution in [0.1, 0.15) is 40.5 Å². The van der Waals surface area contributed by atoms with Crippen LogP contribution in [0, 0.1) is 0 Å². The summed E-state index contributed by atoms with van der Waals surface area (Å²) in [6.45, 7) is 8.95. The largest absolute Gasteiger partial charge is 0.444 e. The summed E-state index contributed by atoms with van der Waals surface area (Å²) in [5.41, 5.74) is 5.43. The van der Waals surface area contributed by atoms with Crippen molar-refractivity contribution in [3.63, 3.8) is 0 Å². The van der Waals surface area contributed by atoms with Crippen LogP contribution in [-0.2, 0) is 4.74 Å². The lowest BCUT2D eigenvalue weighted by Gasteiger charge is -2.34. The van der Waals surface area contributed by atoms with Crippen molar-refractivity contribution in [2.45, 2.75) is 58.2 Å². The second-order valence-corrected chi connectivity index (χ2v) is 7.20. The maximum atomic E-state index is 11.6. The molecule has 1 amide bonds. The van der Waals surface area contributed by atoms with Crippen LogP contribution in [0.4, 0.5) is 4.79 Å². The number of ether oxygens (including phenoxy) is 1. The van der Waals surface area contributed by atoms with Crippen LogP contribution in [0.3, 0.4) is 0 Å². The van der Waals surface area contributed by atoms with Crippen molar-refractivity contribution in [3.05, 3.63) is 0 Å². The van der Waals surface area contributed by atoms with Gasteiger partial charge in [-0.05, 0) is 46.9 Å². The van der Waals surface area contributed by atoms with E-state index in [4.69, 9.17) is 10.5 Å². The number of hydrogen-bond donors (Lipinski definition) is 2. The van der Waals surface area contributed by atoms with Crippen molar-refractivity contribution in [3.8, 4) is 0 Å². The van der Waals surface area contributed by atoms with Gasteiger partial charge < -0.3 is 15.8 Å². The highest BCUT2D eigenvalue weighted by Gasteiger charge is 2.21. The molecule has 0 bridgehead atoms. The Balaban J connectivity index is 4.23. The molecule has 0 radical (unpaired) electrons. The van der Waals surface area contributed by atoms with Crippen molar-refractivity contribution in [2.75, 3.05) is 32.1 Å². The smallest absolute Gasteiger partial charge is 0.407 e. The van der Waals surface area contributed by atoms with Gasteiger partial charge in [0.15, 0.2) is 0 Å². The normalized spacial score (nSPS) is 14.9. The lowest BCUT2D eigenvalue weighted by atomic mass is 10.1. The quantitative estimate of drug-likeness (QED) is 0.682. The van der Waals surface area contributed by atoms with Gasteiger partial charge in [-0.15, -0.1) is 0 Å². The minimum atomic E-state index is -0.459. The number of hydrogen-bond acceptors (Lipinski definition) is 5. The van der Waals surface area contributed by atoms with Crippen molar-refractivity contribution in [2.24, 2.45) is 5.73 Å². The molecule has 126 valence electrons. The molecule has 0 spiro atoms. The van der Waals surface area contributed by atoms with E-state index in [-0.39, 0.29) is 12.1 Å². The molecule has 0 aliphatic heterocycles. The summed E-state index contributed by atoms with van der Waals surface area (Å²) < 4.78 is 5.22. The van der Waals surface area contributed by atoms with Gasteiger partial charge >= 0.3 is 6.09 Å². The number of rotatable bonds is 9. The van der Waals surface area contributed by atoms with Crippen LogP contribution in [-0.4, -0.2) is 60.8 Å². The molecule has 3 N–H and O–H groups in total. The summed E-state index contributed by atoms with van der Waals surface area (Å²) in [5, 5.41) is 2.80. The Morgan fingerprint density at radius 2 is 2.00 bits per heavy atom. The molecule has 0 fully saturated rings. The van der Waals surface area contributed by atoms with Crippen molar-refractivity contribution < 1.29 is 9.53 Å². The molecule has 0 saturated carbocycles. The van der Waals surface area contributed by atoms with E-state index in [2.05, 4.69) is 30.4 Å².